The van der Waals surface area contributed by atoms with Gasteiger partial charge < -0.3 is 19.8 Å². The minimum Gasteiger partial charge on any atom is -0.463 e. The summed E-state index contributed by atoms with van der Waals surface area (Å²) in [6, 6.07) is 9.72. The van der Waals surface area contributed by atoms with Crippen molar-refractivity contribution in [2.24, 2.45) is 4.99 Å². The van der Waals surface area contributed by atoms with Crippen LogP contribution in [0.25, 0.3) is 11.5 Å². The SMILES string of the molecule is CCNC(=NCc1coc(-c2ccccc2)n1)NCCC(=O)OC(C)C.I. The van der Waals surface area contributed by atoms with Gasteiger partial charge in [0, 0.05) is 18.7 Å². The lowest BCUT2D eigenvalue weighted by atomic mass is 10.2. The summed E-state index contributed by atoms with van der Waals surface area (Å²) in [6.07, 6.45) is 1.79. The van der Waals surface area contributed by atoms with E-state index in [0.717, 1.165) is 17.8 Å². The van der Waals surface area contributed by atoms with Crippen molar-refractivity contribution < 1.29 is 13.9 Å². The van der Waals surface area contributed by atoms with E-state index < -0.39 is 0 Å². The van der Waals surface area contributed by atoms with Crippen LogP contribution in [0.15, 0.2) is 46.0 Å². The molecule has 0 bridgehead atoms. The van der Waals surface area contributed by atoms with Crippen molar-refractivity contribution in [2.75, 3.05) is 13.1 Å². The van der Waals surface area contributed by atoms with Crippen molar-refractivity contribution in [1.82, 2.24) is 15.6 Å². The molecule has 1 aromatic carbocycles. The van der Waals surface area contributed by atoms with E-state index in [4.69, 9.17) is 9.15 Å². The van der Waals surface area contributed by atoms with Crippen molar-refractivity contribution in [3.05, 3.63) is 42.3 Å². The van der Waals surface area contributed by atoms with Crippen molar-refractivity contribution in [3.8, 4) is 11.5 Å². The number of ether oxygens (including phenoxy) is 1. The van der Waals surface area contributed by atoms with Crippen LogP contribution < -0.4 is 10.6 Å². The Kier molecular flexibility index (Phi) is 10.5. The monoisotopic (exact) mass is 486 g/mol. The summed E-state index contributed by atoms with van der Waals surface area (Å²) in [5, 5.41) is 6.25. The number of carbonyl (C=O) groups is 1. The van der Waals surface area contributed by atoms with Crippen molar-refractivity contribution in [1.29, 1.82) is 0 Å². The van der Waals surface area contributed by atoms with Gasteiger partial charge in [0.05, 0.1) is 19.1 Å². The number of nitrogens with one attached hydrogen (secondary N) is 2. The zero-order valence-electron chi connectivity index (χ0n) is 15.9. The second-order valence-corrected chi connectivity index (χ2v) is 5.92. The highest BCUT2D eigenvalue weighted by Gasteiger charge is 2.08. The van der Waals surface area contributed by atoms with Gasteiger partial charge in [0.15, 0.2) is 5.96 Å². The van der Waals surface area contributed by atoms with Crippen LogP contribution in [-0.2, 0) is 16.1 Å². The fraction of sp³-hybridized carbons (Fsp3) is 0.421. The first-order valence-electron chi connectivity index (χ1n) is 8.80. The number of oxazole rings is 1. The van der Waals surface area contributed by atoms with Crippen LogP contribution in [0, 0.1) is 0 Å². The Morgan fingerprint density at radius 2 is 2.00 bits per heavy atom. The van der Waals surface area contributed by atoms with Crippen LogP contribution >= 0.6 is 24.0 Å². The van der Waals surface area contributed by atoms with E-state index in [9.17, 15) is 4.79 Å². The Hall–Kier alpha value is -2.10. The first-order chi connectivity index (χ1) is 12.6. The second-order valence-electron chi connectivity index (χ2n) is 5.92. The molecule has 2 aromatic rings. The number of hydrogen-bond acceptors (Lipinski definition) is 5. The molecule has 1 heterocycles. The molecule has 0 amide bonds. The number of aromatic nitrogens is 1. The molecular weight excluding hydrogens is 459 g/mol. The van der Waals surface area contributed by atoms with Gasteiger partial charge in [0.25, 0.3) is 0 Å². The molecule has 0 atom stereocenters. The number of nitrogens with zero attached hydrogens (tertiary/aromatic N) is 2. The summed E-state index contributed by atoms with van der Waals surface area (Å²) in [7, 11) is 0. The summed E-state index contributed by atoms with van der Waals surface area (Å²) in [6.45, 7) is 7.19. The lowest BCUT2D eigenvalue weighted by Gasteiger charge is -2.11. The van der Waals surface area contributed by atoms with Gasteiger partial charge in [-0.15, -0.1) is 24.0 Å². The number of esters is 1. The van der Waals surface area contributed by atoms with E-state index in [2.05, 4.69) is 20.6 Å². The van der Waals surface area contributed by atoms with E-state index in [-0.39, 0.29) is 42.5 Å². The van der Waals surface area contributed by atoms with Crippen LogP contribution in [0.3, 0.4) is 0 Å². The number of hydrogen-bond donors (Lipinski definition) is 2. The van der Waals surface area contributed by atoms with Crippen LogP contribution in [0.5, 0.6) is 0 Å². The van der Waals surface area contributed by atoms with Crippen LogP contribution in [0.4, 0.5) is 0 Å². The normalized spacial score (nSPS) is 11.0. The Labute approximate surface area is 177 Å². The van der Waals surface area contributed by atoms with Crippen molar-refractivity contribution in [2.45, 2.75) is 39.8 Å². The Morgan fingerprint density at radius 3 is 2.67 bits per heavy atom. The number of guanidine groups is 1. The molecule has 0 unspecified atom stereocenters. The Balaban J connectivity index is 0.00000364. The summed E-state index contributed by atoms with van der Waals surface area (Å²) in [5.74, 6) is 0.964. The maximum Gasteiger partial charge on any atom is 0.307 e. The molecule has 0 aliphatic rings. The average molecular weight is 486 g/mol. The van der Waals surface area contributed by atoms with Gasteiger partial charge >= 0.3 is 5.97 Å². The molecule has 0 radical (unpaired) electrons. The first kappa shape index (κ1) is 22.9. The molecule has 148 valence electrons. The molecule has 2 N–H and O–H groups in total. The van der Waals surface area contributed by atoms with Gasteiger partial charge in [0.2, 0.25) is 5.89 Å². The lowest BCUT2D eigenvalue weighted by Crippen LogP contribution is -2.38. The van der Waals surface area contributed by atoms with E-state index in [0.29, 0.717) is 24.9 Å². The molecule has 0 saturated carbocycles. The minimum atomic E-state index is -0.229. The smallest absolute Gasteiger partial charge is 0.307 e. The third kappa shape index (κ3) is 8.42. The fourth-order valence-electron chi connectivity index (χ4n) is 2.20. The quantitative estimate of drug-likeness (QED) is 0.258. The summed E-state index contributed by atoms with van der Waals surface area (Å²) >= 11 is 0. The maximum absolute atomic E-state index is 11.6. The molecule has 8 heteroatoms. The summed E-state index contributed by atoms with van der Waals surface area (Å²) in [5.41, 5.74) is 1.66. The number of rotatable bonds is 8. The van der Waals surface area contributed by atoms with E-state index in [1.807, 2.05) is 51.1 Å². The van der Waals surface area contributed by atoms with Gasteiger partial charge in [0.1, 0.15) is 12.0 Å². The average Bonchev–Trinajstić information content (AvgIpc) is 3.09. The molecule has 1 aromatic heterocycles. The zero-order valence-corrected chi connectivity index (χ0v) is 18.2. The van der Waals surface area contributed by atoms with Crippen molar-refractivity contribution in [3.63, 3.8) is 0 Å². The highest BCUT2D eigenvalue weighted by molar-refractivity contribution is 14.0. The molecule has 0 fully saturated rings. The predicted octanol–water partition coefficient (Wildman–Crippen LogP) is 3.36. The van der Waals surface area contributed by atoms with Gasteiger partial charge in [-0.05, 0) is 32.9 Å². The van der Waals surface area contributed by atoms with Gasteiger partial charge in [-0.3, -0.25) is 4.79 Å². The third-order valence-electron chi connectivity index (χ3n) is 3.30. The van der Waals surface area contributed by atoms with Crippen LogP contribution in [0.1, 0.15) is 32.9 Å². The number of aliphatic imine (C=N–C) groups is 1. The van der Waals surface area contributed by atoms with E-state index >= 15 is 0 Å². The molecule has 0 spiro atoms. The minimum absolute atomic E-state index is 0. The van der Waals surface area contributed by atoms with Crippen molar-refractivity contribution >= 4 is 35.9 Å². The lowest BCUT2D eigenvalue weighted by molar-refractivity contribution is -0.147. The largest absolute Gasteiger partial charge is 0.463 e. The molecule has 0 aliphatic carbocycles. The molecule has 0 aliphatic heterocycles. The zero-order chi connectivity index (χ0) is 18.8. The Bertz CT molecular complexity index is 717. The Morgan fingerprint density at radius 1 is 1.26 bits per heavy atom. The third-order valence-corrected chi connectivity index (χ3v) is 3.30. The van der Waals surface area contributed by atoms with Crippen LogP contribution in [0.2, 0.25) is 0 Å². The fourth-order valence-corrected chi connectivity index (χ4v) is 2.20. The van der Waals surface area contributed by atoms with Gasteiger partial charge in [-0.1, -0.05) is 18.2 Å². The molecule has 27 heavy (non-hydrogen) atoms. The van der Waals surface area contributed by atoms with Gasteiger partial charge in [-0.25, -0.2) is 9.98 Å². The molecular formula is C19H27IN4O3. The standard InChI is InChI=1S/C19H26N4O3.HI/c1-4-20-19(21-11-10-17(24)26-14(2)3)22-12-16-13-25-18(23-16)15-8-6-5-7-9-15;/h5-9,13-14H,4,10-12H2,1-3H3,(H2,20,21,22);1H. The molecule has 7 nitrogen and oxygen atoms in total. The first-order valence-corrected chi connectivity index (χ1v) is 8.80. The summed E-state index contributed by atoms with van der Waals surface area (Å²) in [4.78, 5) is 20.5. The van der Waals surface area contributed by atoms with E-state index in [1.54, 1.807) is 6.26 Å². The molecule has 2 rings (SSSR count). The number of benzene rings is 1. The topological polar surface area (TPSA) is 88.8 Å². The van der Waals surface area contributed by atoms with Gasteiger partial charge in [-0.2, -0.15) is 0 Å². The predicted molar refractivity (Wildman–Crippen MR) is 116 cm³/mol. The van der Waals surface area contributed by atoms with Crippen LogP contribution in [-0.4, -0.2) is 36.1 Å². The number of carbonyl (C=O) groups excluding carboxylic acids is 1. The highest BCUT2D eigenvalue weighted by Crippen LogP contribution is 2.18. The maximum atomic E-state index is 11.6. The number of halogens is 1. The molecule has 0 saturated heterocycles. The summed E-state index contributed by atoms with van der Waals surface area (Å²) < 4.78 is 10.6. The second kappa shape index (κ2) is 12.3. The highest BCUT2D eigenvalue weighted by atomic mass is 127. The van der Waals surface area contributed by atoms with E-state index in [1.165, 1.54) is 0 Å².